The first-order valence-corrected chi connectivity index (χ1v) is 6.88. The molecule has 2 aromatic carbocycles. The van der Waals surface area contributed by atoms with Crippen molar-refractivity contribution >= 4 is 10.9 Å². The van der Waals surface area contributed by atoms with Crippen molar-refractivity contribution in [1.82, 2.24) is 9.78 Å². The Kier molecular flexibility index (Phi) is 3.73. The Labute approximate surface area is 129 Å². The Hall–Kier alpha value is -2.54. The van der Waals surface area contributed by atoms with Gasteiger partial charge in [0, 0.05) is 10.9 Å². The summed E-state index contributed by atoms with van der Waals surface area (Å²) in [5, 5.41) is 23.1. The highest BCUT2D eigenvalue weighted by atomic mass is 19.4. The summed E-state index contributed by atoms with van der Waals surface area (Å²) in [6, 6.07) is 9.46. The highest BCUT2D eigenvalue weighted by Crippen LogP contribution is 2.35. The monoisotopic (exact) mass is 322 g/mol. The zero-order valence-corrected chi connectivity index (χ0v) is 11.9. The van der Waals surface area contributed by atoms with Crippen LogP contribution in [-0.4, -0.2) is 26.6 Å². The summed E-state index contributed by atoms with van der Waals surface area (Å²) in [5.74, 6) is 0.0591. The molecule has 0 spiro atoms. The maximum absolute atomic E-state index is 13.0. The molecule has 0 aliphatic carbocycles. The van der Waals surface area contributed by atoms with Crippen LogP contribution in [0.4, 0.5) is 13.2 Å². The molecule has 0 radical (unpaired) electrons. The molecule has 4 nitrogen and oxygen atoms in total. The maximum atomic E-state index is 13.0. The van der Waals surface area contributed by atoms with Gasteiger partial charge in [0.05, 0.1) is 24.2 Å². The maximum Gasteiger partial charge on any atom is 0.416 e. The second-order valence-electron chi connectivity index (χ2n) is 5.07. The fourth-order valence-corrected chi connectivity index (χ4v) is 2.45. The topological polar surface area (TPSA) is 58.3 Å². The molecule has 0 unspecified atom stereocenters. The number of nitrogens with zero attached hydrogens (tertiary/aromatic N) is 2. The predicted octanol–water partition coefficient (Wildman–Crippen LogP) is 3.42. The molecule has 0 fully saturated rings. The lowest BCUT2D eigenvalue weighted by molar-refractivity contribution is -0.137. The van der Waals surface area contributed by atoms with Gasteiger partial charge >= 0.3 is 6.18 Å². The Balaban J connectivity index is 2.24. The number of rotatable bonds is 3. The van der Waals surface area contributed by atoms with Gasteiger partial charge in [0.25, 0.3) is 0 Å². The van der Waals surface area contributed by atoms with Crippen LogP contribution < -0.4 is 0 Å². The number of phenols is 1. The zero-order chi connectivity index (χ0) is 16.6. The van der Waals surface area contributed by atoms with E-state index in [0.29, 0.717) is 22.2 Å². The van der Waals surface area contributed by atoms with Crippen LogP contribution >= 0.6 is 0 Å². The summed E-state index contributed by atoms with van der Waals surface area (Å²) >= 11 is 0. The summed E-state index contributed by atoms with van der Waals surface area (Å²) < 4.78 is 40.3. The number of hydrogen-bond donors (Lipinski definition) is 2. The summed E-state index contributed by atoms with van der Waals surface area (Å²) in [6.07, 6.45) is -4.44. The van der Waals surface area contributed by atoms with Gasteiger partial charge < -0.3 is 10.2 Å². The lowest BCUT2D eigenvalue weighted by Crippen LogP contribution is -2.05. The molecule has 1 heterocycles. The van der Waals surface area contributed by atoms with E-state index < -0.39 is 11.7 Å². The molecule has 3 rings (SSSR count). The van der Waals surface area contributed by atoms with Gasteiger partial charge in [-0.3, -0.25) is 4.68 Å². The molecular formula is C16H13F3N2O2. The number of aliphatic hydroxyl groups is 1. The third-order valence-electron chi connectivity index (χ3n) is 3.53. The summed E-state index contributed by atoms with van der Waals surface area (Å²) in [6.45, 7) is 0.00671. The van der Waals surface area contributed by atoms with Crippen LogP contribution in [0.15, 0.2) is 42.5 Å². The van der Waals surface area contributed by atoms with Crippen molar-refractivity contribution in [3.63, 3.8) is 0 Å². The molecule has 0 aliphatic heterocycles. The van der Waals surface area contributed by atoms with Crippen molar-refractivity contribution in [2.75, 3.05) is 6.61 Å². The SMILES string of the molecule is OCCn1nc(-c2ccc(O)cc2)c2cc(C(F)(F)F)ccc21. The Morgan fingerprint density at radius 2 is 1.74 bits per heavy atom. The molecule has 120 valence electrons. The molecule has 0 amide bonds. The summed E-state index contributed by atoms with van der Waals surface area (Å²) in [5.41, 5.74) is 0.715. The van der Waals surface area contributed by atoms with E-state index in [1.807, 2.05) is 0 Å². The Bertz CT molecular complexity index is 839. The van der Waals surface area contributed by atoms with E-state index in [0.717, 1.165) is 12.1 Å². The van der Waals surface area contributed by atoms with Crippen LogP contribution in [0.1, 0.15) is 5.56 Å². The highest BCUT2D eigenvalue weighted by Gasteiger charge is 2.31. The Morgan fingerprint density at radius 3 is 2.35 bits per heavy atom. The van der Waals surface area contributed by atoms with Crippen molar-refractivity contribution in [1.29, 1.82) is 0 Å². The van der Waals surface area contributed by atoms with Crippen molar-refractivity contribution in [3.05, 3.63) is 48.0 Å². The van der Waals surface area contributed by atoms with Gasteiger partial charge in [0.2, 0.25) is 0 Å². The largest absolute Gasteiger partial charge is 0.508 e. The van der Waals surface area contributed by atoms with Crippen LogP contribution in [0.2, 0.25) is 0 Å². The lowest BCUT2D eigenvalue weighted by atomic mass is 10.1. The third kappa shape index (κ3) is 2.87. The quantitative estimate of drug-likeness (QED) is 0.777. The first-order valence-electron chi connectivity index (χ1n) is 6.88. The van der Waals surface area contributed by atoms with Gasteiger partial charge in [0.15, 0.2) is 0 Å². The number of phenolic OH excluding ortho intramolecular Hbond substituents is 1. The molecule has 0 saturated carbocycles. The Morgan fingerprint density at radius 1 is 1.04 bits per heavy atom. The molecule has 0 bridgehead atoms. The van der Waals surface area contributed by atoms with Crippen LogP contribution in [0.25, 0.3) is 22.2 Å². The van der Waals surface area contributed by atoms with Gasteiger partial charge in [-0.15, -0.1) is 0 Å². The third-order valence-corrected chi connectivity index (χ3v) is 3.53. The van der Waals surface area contributed by atoms with E-state index in [2.05, 4.69) is 5.10 Å². The average molecular weight is 322 g/mol. The number of halogens is 3. The van der Waals surface area contributed by atoms with E-state index in [1.54, 1.807) is 12.1 Å². The predicted molar refractivity (Wildman–Crippen MR) is 78.9 cm³/mol. The molecule has 7 heteroatoms. The molecule has 2 N–H and O–H groups in total. The molecule has 0 saturated heterocycles. The van der Waals surface area contributed by atoms with Gasteiger partial charge in [-0.1, -0.05) is 0 Å². The molecule has 23 heavy (non-hydrogen) atoms. The number of aromatic hydroxyl groups is 1. The van der Waals surface area contributed by atoms with E-state index >= 15 is 0 Å². The van der Waals surface area contributed by atoms with E-state index in [1.165, 1.54) is 22.9 Å². The molecule has 0 atom stereocenters. The fourth-order valence-electron chi connectivity index (χ4n) is 2.45. The van der Waals surface area contributed by atoms with Crippen molar-refractivity contribution in [2.45, 2.75) is 12.7 Å². The lowest BCUT2D eigenvalue weighted by Gasteiger charge is -2.07. The second kappa shape index (κ2) is 5.58. The van der Waals surface area contributed by atoms with Gasteiger partial charge in [-0.05, 0) is 42.5 Å². The van der Waals surface area contributed by atoms with Crippen molar-refractivity contribution < 1.29 is 23.4 Å². The van der Waals surface area contributed by atoms with E-state index in [4.69, 9.17) is 5.11 Å². The fraction of sp³-hybridized carbons (Fsp3) is 0.188. The standard InChI is InChI=1S/C16H13F3N2O2/c17-16(18,19)11-3-6-14-13(9-11)15(20-21(14)7-8-22)10-1-4-12(23)5-2-10/h1-6,9,22-23H,7-8H2. The van der Waals surface area contributed by atoms with Gasteiger partial charge in [-0.25, -0.2) is 0 Å². The number of alkyl halides is 3. The van der Waals surface area contributed by atoms with Crippen LogP contribution in [0.3, 0.4) is 0 Å². The average Bonchev–Trinajstić information content (AvgIpc) is 2.86. The second-order valence-corrected chi connectivity index (χ2v) is 5.07. The van der Waals surface area contributed by atoms with Crippen LogP contribution in [0.5, 0.6) is 5.75 Å². The first kappa shape index (κ1) is 15.4. The van der Waals surface area contributed by atoms with Crippen molar-refractivity contribution in [3.8, 4) is 17.0 Å². The van der Waals surface area contributed by atoms with Crippen LogP contribution in [0, 0.1) is 0 Å². The smallest absolute Gasteiger partial charge is 0.416 e. The molecule has 1 aromatic heterocycles. The number of aromatic nitrogens is 2. The van der Waals surface area contributed by atoms with E-state index in [-0.39, 0.29) is 18.9 Å². The molecule has 3 aromatic rings. The van der Waals surface area contributed by atoms with E-state index in [9.17, 15) is 18.3 Å². The zero-order valence-electron chi connectivity index (χ0n) is 11.9. The van der Waals surface area contributed by atoms with Crippen LogP contribution in [-0.2, 0) is 12.7 Å². The van der Waals surface area contributed by atoms with Gasteiger partial charge in [-0.2, -0.15) is 18.3 Å². The minimum Gasteiger partial charge on any atom is -0.508 e. The number of aliphatic hydroxyl groups excluding tert-OH is 1. The van der Waals surface area contributed by atoms with Crippen molar-refractivity contribution in [2.24, 2.45) is 0 Å². The summed E-state index contributed by atoms with van der Waals surface area (Å²) in [7, 11) is 0. The normalized spacial score (nSPS) is 12.0. The molecule has 0 aliphatic rings. The minimum absolute atomic E-state index is 0.0591. The highest BCUT2D eigenvalue weighted by molar-refractivity contribution is 5.94. The number of fused-ring (bicyclic) bond motifs is 1. The van der Waals surface area contributed by atoms with Gasteiger partial charge in [0.1, 0.15) is 11.4 Å². The number of benzene rings is 2. The first-order chi connectivity index (χ1) is 10.9. The summed E-state index contributed by atoms with van der Waals surface area (Å²) in [4.78, 5) is 0. The number of hydrogen-bond acceptors (Lipinski definition) is 3. The molecular weight excluding hydrogens is 309 g/mol. The minimum atomic E-state index is -4.44.